The molecule has 0 radical (unpaired) electrons. The van der Waals surface area contributed by atoms with Crippen LogP contribution in [-0.4, -0.2) is 41.9 Å². The minimum absolute atomic E-state index is 0.285. The van der Waals surface area contributed by atoms with Crippen LogP contribution in [0.5, 0.6) is 0 Å². The summed E-state index contributed by atoms with van der Waals surface area (Å²) in [5.41, 5.74) is 0. The van der Waals surface area contributed by atoms with Crippen LogP contribution in [0.1, 0.15) is 219 Å². The van der Waals surface area contributed by atoms with Gasteiger partial charge in [0.2, 0.25) is 5.91 Å². The molecule has 0 aromatic carbocycles. The molecule has 0 aliphatic rings. The second-order valence-electron chi connectivity index (χ2n) is 14.6. The van der Waals surface area contributed by atoms with E-state index in [1.165, 1.54) is 141 Å². The third kappa shape index (κ3) is 37.9. The minimum atomic E-state index is -4.34. The number of aliphatic hydroxyl groups excluding tert-OH is 1. The first-order valence-electron chi connectivity index (χ1n) is 21.0. The average molecular weight is 712 g/mol. The zero-order chi connectivity index (χ0) is 36.1. The Bertz CT molecular complexity index is 872. The maximum absolute atomic E-state index is 12.5. The number of aliphatic hydroxyl groups is 1. The summed E-state index contributed by atoms with van der Waals surface area (Å²) in [4.78, 5) is 12.5. The van der Waals surface area contributed by atoms with Gasteiger partial charge in [0, 0.05) is 6.42 Å². The fraction of sp³-hybridized carbons (Fsp3) is 0.881. The van der Waals surface area contributed by atoms with Crippen molar-refractivity contribution in [1.29, 1.82) is 0 Å². The molecule has 2 atom stereocenters. The van der Waals surface area contributed by atoms with Crippen LogP contribution in [-0.2, 0) is 14.9 Å². The molecule has 0 rings (SSSR count). The summed E-state index contributed by atoms with van der Waals surface area (Å²) in [6, 6.07) is -1.06. The van der Waals surface area contributed by atoms with Crippen molar-refractivity contribution < 1.29 is 22.9 Å². The first-order valence-corrected chi connectivity index (χ1v) is 22.6. The second-order valence-corrected chi connectivity index (χ2v) is 16.1. The molecular weight excluding hydrogens is 631 g/mol. The van der Waals surface area contributed by atoms with Crippen LogP contribution in [0.2, 0.25) is 0 Å². The summed E-state index contributed by atoms with van der Waals surface area (Å²) in [7, 11) is -4.34. The van der Waals surface area contributed by atoms with Gasteiger partial charge >= 0.3 is 0 Å². The van der Waals surface area contributed by atoms with E-state index in [-0.39, 0.29) is 12.3 Å². The SMILES string of the molecule is CCCCCCCC/C=C\CCCCCCCC(=O)NC(CS(=O)(=O)O)C(O)/C=C/CCCCCCCCCCCCCCCCCCC. The normalized spacial score (nSPS) is 13.5. The molecule has 0 aliphatic heterocycles. The first kappa shape index (κ1) is 47.8. The predicted octanol–water partition coefficient (Wildman–Crippen LogP) is 12.4. The summed E-state index contributed by atoms with van der Waals surface area (Å²) in [5, 5.41) is 13.2. The highest BCUT2D eigenvalue weighted by molar-refractivity contribution is 7.85. The fourth-order valence-electron chi connectivity index (χ4n) is 6.44. The quantitative estimate of drug-likeness (QED) is 0.0336. The molecule has 0 fully saturated rings. The van der Waals surface area contributed by atoms with Crippen molar-refractivity contribution in [2.75, 3.05) is 5.75 Å². The number of unbranched alkanes of at least 4 members (excludes halogenated alkanes) is 28. The third-order valence-electron chi connectivity index (χ3n) is 9.62. The molecule has 0 heterocycles. The van der Waals surface area contributed by atoms with E-state index in [1.807, 2.05) is 6.08 Å². The number of hydrogen-bond donors (Lipinski definition) is 3. The highest BCUT2D eigenvalue weighted by Gasteiger charge is 2.24. The number of carbonyl (C=O) groups is 1. The molecule has 0 aliphatic carbocycles. The van der Waals surface area contributed by atoms with Crippen LogP contribution in [0, 0.1) is 0 Å². The summed E-state index contributed by atoms with van der Waals surface area (Å²) < 4.78 is 32.5. The topological polar surface area (TPSA) is 104 Å². The Kier molecular flexibility index (Phi) is 35.7. The van der Waals surface area contributed by atoms with Crippen molar-refractivity contribution in [2.45, 2.75) is 231 Å². The minimum Gasteiger partial charge on any atom is -0.387 e. The van der Waals surface area contributed by atoms with Gasteiger partial charge in [0.15, 0.2) is 0 Å². The first-order chi connectivity index (χ1) is 23.8. The van der Waals surface area contributed by atoms with Gasteiger partial charge in [-0.15, -0.1) is 0 Å². The number of carbonyl (C=O) groups excluding carboxylic acids is 1. The van der Waals surface area contributed by atoms with Gasteiger partial charge in [-0.2, -0.15) is 8.42 Å². The average Bonchev–Trinajstić information content (AvgIpc) is 3.06. The number of rotatable bonds is 38. The lowest BCUT2D eigenvalue weighted by Gasteiger charge is -2.21. The molecule has 0 spiro atoms. The molecule has 2 unspecified atom stereocenters. The Balaban J connectivity index is 3.90. The molecule has 0 aromatic heterocycles. The summed E-state index contributed by atoms with van der Waals surface area (Å²) >= 11 is 0. The van der Waals surface area contributed by atoms with Gasteiger partial charge in [-0.05, 0) is 44.9 Å². The van der Waals surface area contributed by atoms with E-state index < -0.39 is 28.0 Å². The Labute approximate surface area is 304 Å². The Morgan fingerprint density at radius 1 is 0.531 bits per heavy atom. The molecule has 3 N–H and O–H groups in total. The van der Waals surface area contributed by atoms with E-state index in [0.29, 0.717) is 0 Å². The van der Waals surface area contributed by atoms with Crippen molar-refractivity contribution in [3.8, 4) is 0 Å². The van der Waals surface area contributed by atoms with Crippen LogP contribution >= 0.6 is 0 Å². The molecular formula is C42H81NO5S. The zero-order valence-electron chi connectivity index (χ0n) is 32.3. The molecule has 6 nitrogen and oxygen atoms in total. The molecule has 49 heavy (non-hydrogen) atoms. The number of nitrogens with one attached hydrogen (secondary N) is 1. The third-order valence-corrected chi connectivity index (χ3v) is 10.4. The number of allylic oxidation sites excluding steroid dienone is 3. The van der Waals surface area contributed by atoms with Crippen molar-refractivity contribution >= 4 is 16.0 Å². The zero-order valence-corrected chi connectivity index (χ0v) is 33.1. The smallest absolute Gasteiger partial charge is 0.267 e. The van der Waals surface area contributed by atoms with Crippen LogP contribution in [0.3, 0.4) is 0 Å². The Morgan fingerprint density at radius 3 is 1.22 bits per heavy atom. The highest BCUT2D eigenvalue weighted by atomic mass is 32.2. The van der Waals surface area contributed by atoms with Gasteiger partial charge in [0.05, 0.1) is 17.9 Å². The van der Waals surface area contributed by atoms with E-state index in [0.717, 1.165) is 57.8 Å². The van der Waals surface area contributed by atoms with E-state index in [9.17, 15) is 22.9 Å². The van der Waals surface area contributed by atoms with Crippen LogP contribution in [0.25, 0.3) is 0 Å². The van der Waals surface area contributed by atoms with Crippen LogP contribution in [0.4, 0.5) is 0 Å². The molecule has 0 saturated carbocycles. The molecule has 1 amide bonds. The van der Waals surface area contributed by atoms with Crippen molar-refractivity contribution in [2.24, 2.45) is 0 Å². The van der Waals surface area contributed by atoms with E-state index >= 15 is 0 Å². The Hall–Kier alpha value is -1.18. The van der Waals surface area contributed by atoms with Crippen molar-refractivity contribution in [3.63, 3.8) is 0 Å². The van der Waals surface area contributed by atoms with Crippen LogP contribution < -0.4 is 5.32 Å². The lowest BCUT2D eigenvalue weighted by Crippen LogP contribution is -2.46. The van der Waals surface area contributed by atoms with E-state index in [2.05, 4.69) is 31.3 Å². The molecule has 0 aromatic rings. The number of amides is 1. The van der Waals surface area contributed by atoms with Crippen LogP contribution in [0.15, 0.2) is 24.3 Å². The highest BCUT2D eigenvalue weighted by Crippen LogP contribution is 2.15. The lowest BCUT2D eigenvalue weighted by molar-refractivity contribution is -0.122. The second kappa shape index (κ2) is 36.6. The maximum atomic E-state index is 12.5. The van der Waals surface area contributed by atoms with Gasteiger partial charge in [-0.1, -0.05) is 192 Å². The Morgan fingerprint density at radius 2 is 0.857 bits per heavy atom. The number of hydrogen-bond acceptors (Lipinski definition) is 4. The predicted molar refractivity (Wildman–Crippen MR) is 212 cm³/mol. The van der Waals surface area contributed by atoms with Crippen molar-refractivity contribution in [3.05, 3.63) is 24.3 Å². The molecule has 7 heteroatoms. The van der Waals surface area contributed by atoms with Gasteiger partial charge in [0.25, 0.3) is 10.1 Å². The van der Waals surface area contributed by atoms with Crippen molar-refractivity contribution in [1.82, 2.24) is 5.32 Å². The molecule has 0 saturated heterocycles. The summed E-state index contributed by atoms with van der Waals surface area (Å²) in [6.45, 7) is 4.52. The van der Waals surface area contributed by atoms with E-state index in [1.54, 1.807) is 6.08 Å². The fourth-order valence-corrected chi connectivity index (χ4v) is 7.18. The molecule has 290 valence electrons. The van der Waals surface area contributed by atoms with Gasteiger partial charge in [-0.3, -0.25) is 9.35 Å². The standard InChI is InChI=1S/C42H81NO5S/c1-3-5-7-9-11-13-15-17-19-20-21-22-24-25-27-29-31-33-35-37-41(44)40(39-49(46,47)48)43-42(45)38-36-34-32-30-28-26-23-18-16-14-12-10-8-6-4-2/h18,23,35,37,40-41,44H,3-17,19-22,24-34,36,38-39H2,1-2H3,(H,43,45)(H,46,47,48)/b23-18-,37-35+. The maximum Gasteiger partial charge on any atom is 0.267 e. The summed E-state index contributed by atoms with van der Waals surface area (Å²) in [5.74, 6) is -0.984. The largest absolute Gasteiger partial charge is 0.387 e. The lowest BCUT2D eigenvalue weighted by atomic mass is 10.0. The monoisotopic (exact) mass is 712 g/mol. The molecule has 0 bridgehead atoms. The summed E-state index contributed by atoms with van der Waals surface area (Å²) in [6.07, 6.45) is 45.9. The van der Waals surface area contributed by atoms with E-state index in [4.69, 9.17) is 0 Å². The van der Waals surface area contributed by atoms with Gasteiger partial charge < -0.3 is 10.4 Å². The van der Waals surface area contributed by atoms with Gasteiger partial charge in [-0.25, -0.2) is 0 Å². The van der Waals surface area contributed by atoms with Gasteiger partial charge in [0.1, 0.15) is 0 Å².